The molecule has 1 aliphatic rings. The van der Waals surface area contributed by atoms with E-state index in [0.717, 1.165) is 47.5 Å². The molecule has 4 heterocycles. The van der Waals surface area contributed by atoms with E-state index in [1.54, 1.807) is 13.1 Å². The van der Waals surface area contributed by atoms with Gasteiger partial charge in [-0.25, -0.2) is 4.39 Å². The van der Waals surface area contributed by atoms with E-state index in [1.807, 2.05) is 28.8 Å². The van der Waals surface area contributed by atoms with Crippen LogP contribution in [0.1, 0.15) is 23.4 Å². The monoisotopic (exact) mass is 383 g/mol. The van der Waals surface area contributed by atoms with Gasteiger partial charge in [-0.3, -0.25) is 13.8 Å². The number of nitrogens with zero attached hydrogens (tertiary/aromatic N) is 5. The minimum absolute atomic E-state index is 0.0623. The van der Waals surface area contributed by atoms with Crippen molar-refractivity contribution in [3.8, 4) is 0 Å². The number of aromatic nitrogens is 4. The van der Waals surface area contributed by atoms with Crippen molar-refractivity contribution in [3.05, 3.63) is 56.7 Å². The Kier molecular flexibility index (Phi) is 3.58. The fourth-order valence-electron chi connectivity index (χ4n) is 4.05. The maximum atomic E-state index is 14.3. The van der Waals surface area contributed by atoms with Crippen molar-refractivity contribution in [3.63, 3.8) is 0 Å². The van der Waals surface area contributed by atoms with E-state index in [9.17, 15) is 9.18 Å². The van der Waals surface area contributed by atoms with E-state index in [0.29, 0.717) is 17.0 Å². The Morgan fingerprint density at radius 2 is 2.11 bits per heavy atom. The van der Waals surface area contributed by atoms with Crippen LogP contribution in [0.15, 0.2) is 28.4 Å². The zero-order valence-corrected chi connectivity index (χ0v) is 15.9. The quantitative estimate of drug-likeness (QED) is 0.534. The average molecular weight is 383 g/mol. The summed E-state index contributed by atoms with van der Waals surface area (Å²) in [6, 6.07) is 5.31. The Bertz CT molecular complexity index is 1250. The summed E-state index contributed by atoms with van der Waals surface area (Å²) in [4.78, 5) is 14.7. The molecule has 0 radical (unpaired) electrons. The molecule has 8 heteroatoms. The summed E-state index contributed by atoms with van der Waals surface area (Å²) >= 11 is 1.42. The molecule has 0 N–H and O–H groups in total. The van der Waals surface area contributed by atoms with E-state index in [2.05, 4.69) is 15.1 Å². The highest BCUT2D eigenvalue weighted by Crippen LogP contribution is 2.33. The third kappa shape index (κ3) is 2.32. The van der Waals surface area contributed by atoms with Crippen LogP contribution >= 0.6 is 11.3 Å². The third-order valence-electron chi connectivity index (χ3n) is 5.33. The second-order valence-corrected chi connectivity index (χ2v) is 7.88. The second-order valence-electron chi connectivity index (χ2n) is 6.97. The van der Waals surface area contributed by atoms with E-state index in [1.165, 1.54) is 15.9 Å². The summed E-state index contributed by atoms with van der Waals surface area (Å²) in [6.07, 6.45) is 1.65. The molecule has 6 nitrogen and oxygen atoms in total. The SMILES string of the molecule is Cc1ccc(F)c2c1N(Cc1nnc3n(C)c(=O)c4sccc4n13)CCC2. The highest BCUT2D eigenvalue weighted by molar-refractivity contribution is 7.17. The van der Waals surface area contributed by atoms with Gasteiger partial charge in [-0.1, -0.05) is 6.07 Å². The number of anilines is 1. The van der Waals surface area contributed by atoms with Crippen LogP contribution in [0.25, 0.3) is 16.0 Å². The molecule has 0 amide bonds. The molecular weight excluding hydrogens is 365 g/mol. The first-order chi connectivity index (χ1) is 13.1. The first-order valence-electron chi connectivity index (χ1n) is 8.89. The molecule has 3 aromatic heterocycles. The number of aryl methyl sites for hydroxylation is 2. The summed E-state index contributed by atoms with van der Waals surface area (Å²) in [5.74, 6) is 1.13. The summed E-state index contributed by atoms with van der Waals surface area (Å²) in [7, 11) is 1.71. The number of fused-ring (bicyclic) bond motifs is 4. The fourth-order valence-corrected chi connectivity index (χ4v) is 4.90. The smallest absolute Gasteiger partial charge is 0.272 e. The summed E-state index contributed by atoms with van der Waals surface area (Å²) < 4.78 is 18.5. The highest BCUT2D eigenvalue weighted by atomic mass is 32.1. The maximum absolute atomic E-state index is 14.3. The molecule has 0 atom stereocenters. The van der Waals surface area contributed by atoms with Crippen molar-refractivity contribution in [2.45, 2.75) is 26.3 Å². The van der Waals surface area contributed by atoms with Gasteiger partial charge in [0.05, 0.1) is 12.1 Å². The second kappa shape index (κ2) is 5.88. The molecule has 5 rings (SSSR count). The Balaban J connectivity index is 1.68. The first-order valence-corrected chi connectivity index (χ1v) is 9.77. The van der Waals surface area contributed by atoms with Gasteiger partial charge in [0.2, 0.25) is 5.78 Å². The third-order valence-corrected chi connectivity index (χ3v) is 6.22. The summed E-state index contributed by atoms with van der Waals surface area (Å²) in [6.45, 7) is 3.37. The van der Waals surface area contributed by atoms with Crippen molar-refractivity contribution < 1.29 is 4.39 Å². The summed E-state index contributed by atoms with van der Waals surface area (Å²) in [5, 5.41) is 10.5. The van der Waals surface area contributed by atoms with Gasteiger partial charge < -0.3 is 4.90 Å². The number of hydrogen-bond acceptors (Lipinski definition) is 5. The molecule has 27 heavy (non-hydrogen) atoms. The van der Waals surface area contributed by atoms with Crippen molar-refractivity contribution in [2.75, 3.05) is 11.4 Å². The molecule has 0 unspecified atom stereocenters. The number of thiophene rings is 1. The van der Waals surface area contributed by atoms with Crippen LogP contribution in [0.5, 0.6) is 0 Å². The van der Waals surface area contributed by atoms with Crippen molar-refractivity contribution in [1.29, 1.82) is 0 Å². The molecule has 0 bridgehead atoms. The number of hydrogen-bond donors (Lipinski definition) is 0. The standard InChI is InChI=1S/C19H18FN5OS/c1-11-5-6-13(20)12-4-3-8-24(16(11)12)10-15-21-22-19-23(2)18(26)17-14(25(15)19)7-9-27-17/h5-7,9H,3-4,8,10H2,1-2H3. The van der Waals surface area contributed by atoms with Crippen molar-refractivity contribution >= 4 is 33.0 Å². The normalized spacial score (nSPS) is 14.3. The fraction of sp³-hybridized carbons (Fsp3) is 0.316. The van der Waals surface area contributed by atoms with Gasteiger partial charge in [0.15, 0.2) is 5.82 Å². The highest BCUT2D eigenvalue weighted by Gasteiger charge is 2.24. The van der Waals surface area contributed by atoms with Crippen LogP contribution in [0, 0.1) is 12.7 Å². The van der Waals surface area contributed by atoms with Gasteiger partial charge in [-0.15, -0.1) is 21.5 Å². The zero-order chi connectivity index (χ0) is 18.7. The lowest BCUT2D eigenvalue weighted by atomic mass is 9.97. The van der Waals surface area contributed by atoms with E-state index >= 15 is 0 Å². The average Bonchev–Trinajstić information content (AvgIpc) is 3.30. The molecule has 138 valence electrons. The minimum atomic E-state index is -0.144. The number of benzene rings is 1. The molecule has 0 saturated heterocycles. The van der Waals surface area contributed by atoms with Crippen LogP contribution in [0.2, 0.25) is 0 Å². The molecule has 1 aromatic carbocycles. The molecule has 0 spiro atoms. The lowest BCUT2D eigenvalue weighted by Gasteiger charge is -2.32. The lowest BCUT2D eigenvalue weighted by molar-refractivity contribution is 0.583. The van der Waals surface area contributed by atoms with Gasteiger partial charge in [0, 0.05) is 24.8 Å². The molecule has 0 saturated carbocycles. The Morgan fingerprint density at radius 3 is 2.96 bits per heavy atom. The topological polar surface area (TPSA) is 55.4 Å². The van der Waals surface area contributed by atoms with E-state index in [-0.39, 0.29) is 11.4 Å². The largest absolute Gasteiger partial charge is 0.363 e. The molecule has 1 aliphatic heterocycles. The number of rotatable bonds is 2. The van der Waals surface area contributed by atoms with Crippen LogP contribution in [-0.2, 0) is 20.0 Å². The summed E-state index contributed by atoms with van der Waals surface area (Å²) in [5.41, 5.74) is 3.57. The molecular formula is C19H18FN5OS. The van der Waals surface area contributed by atoms with Gasteiger partial charge in [0.25, 0.3) is 5.56 Å². The lowest BCUT2D eigenvalue weighted by Crippen LogP contribution is -2.31. The van der Waals surface area contributed by atoms with Crippen molar-refractivity contribution in [2.24, 2.45) is 7.05 Å². The Morgan fingerprint density at radius 1 is 1.26 bits per heavy atom. The minimum Gasteiger partial charge on any atom is -0.363 e. The van der Waals surface area contributed by atoms with Crippen molar-refractivity contribution in [1.82, 2.24) is 19.2 Å². The maximum Gasteiger partial charge on any atom is 0.272 e. The predicted octanol–water partition coefficient (Wildman–Crippen LogP) is 3.04. The van der Waals surface area contributed by atoms with Gasteiger partial charge in [-0.2, -0.15) is 0 Å². The first kappa shape index (κ1) is 16.4. The van der Waals surface area contributed by atoms with Crippen LogP contribution in [-0.4, -0.2) is 25.7 Å². The molecule has 0 aliphatic carbocycles. The van der Waals surface area contributed by atoms with Crippen LogP contribution in [0.4, 0.5) is 10.1 Å². The van der Waals surface area contributed by atoms with E-state index < -0.39 is 0 Å². The number of halogens is 1. The Labute approximate surface area is 158 Å². The predicted molar refractivity (Wildman–Crippen MR) is 104 cm³/mol. The zero-order valence-electron chi connectivity index (χ0n) is 15.1. The molecule has 0 fully saturated rings. The van der Waals surface area contributed by atoms with Gasteiger partial charge >= 0.3 is 0 Å². The van der Waals surface area contributed by atoms with Crippen LogP contribution in [0.3, 0.4) is 0 Å². The van der Waals surface area contributed by atoms with E-state index in [4.69, 9.17) is 0 Å². The molecule has 4 aromatic rings. The Hall–Kier alpha value is -2.74. The van der Waals surface area contributed by atoms with Gasteiger partial charge in [-0.05, 0) is 42.8 Å². The van der Waals surface area contributed by atoms with Gasteiger partial charge in [0.1, 0.15) is 10.5 Å². The van der Waals surface area contributed by atoms with Crippen LogP contribution < -0.4 is 10.5 Å².